The summed E-state index contributed by atoms with van der Waals surface area (Å²) in [5.41, 5.74) is 1.56. The van der Waals surface area contributed by atoms with Crippen molar-refractivity contribution in [2.45, 2.75) is 17.0 Å². The Morgan fingerprint density at radius 2 is 2.00 bits per heavy atom. The van der Waals surface area contributed by atoms with Crippen LogP contribution in [0.3, 0.4) is 0 Å². The van der Waals surface area contributed by atoms with E-state index in [1.165, 1.54) is 24.3 Å². The van der Waals surface area contributed by atoms with Crippen molar-refractivity contribution in [2.24, 2.45) is 0 Å². The molecule has 0 saturated heterocycles. The Kier molecular flexibility index (Phi) is 5.55. The van der Waals surface area contributed by atoms with Gasteiger partial charge in [0, 0.05) is 18.4 Å². The number of nitrogens with one attached hydrogen (secondary N) is 2. The minimum absolute atomic E-state index is 0.101. The minimum atomic E-state index is -3.51. The molecule has 0 aliphatic carbocycles. The lowest BCUT2D eigenvalue weighted by molar-refractivity contribution is -0.113. The molecule has 0 atom stereocenters. The number of benzene rings is 1. The predicted molar refractivity (Wildman–Crippen MR) is 98.5 cm³/mol. The largest absolute Gasteiger partial charge is 0.430 e. The van der Waals surface area contributed by atoms with Gasteiger partial charge in [-0.1, -0.05) is 18.7 Å². The molecule has 1 amide bonds. The first-order valence-electron chi connectivity index (χ1n) is 7.72. The van der Waals surface area contributed by atoms with E-state index >= 15 is 0 Å². The summed E-state index contributed by atoms with van der Waals surface area (Å²) >= 11 is 1.15. The Hall–Kier alpha value is -2.43. The van der Waals surface area contributed by atoms with Crippen LogP contribution in [0.15, 0.2) is 57.1 Å². The normalized spacial score (nSPS) is 11.6. The molecular weight excluding hydrogens is 376 g/mol. The van der Waals surface area contributed by atoms with Crippen molar-refractivity contribution in [3.8, 4) is 0 Å². The van der Waals surface area contributed by atoms with Crippen molar-refractivity contribution in [2.75, 3.05) is 17.6 Å². The monoisotopic (exact) mass is 392 g/mol. The van der Waals surface area contributed by atoms with Gasteiger partial charge in [0.1, 0.15) is 0 Å². The molecule has 0 radical (unpaired) electrons. The summed E-state index contributed by atoms with van der Waals surface area (Å²) in [4.78, 5) is 20.4. The number of carbonyl (C=O) groups is 1. The number of thioether (sulfide) groups is 1. The molecule has 0 aliphatic heterocycles. The van der Waals surface area contributed by atoms with Gasteiger partial charge in [0.15, 0.2) is 11.2 Å². The van der Waals surface area contributed by atoms with Crippen molar-refractivity contribution in [1.29, 1.82) is 0 Å². The quantitative estimate of drug-likeness (QED) is 0.593. The number of pyridine rings is 1. The van der Waals surface area contributed by atoms with E-state index in [0.29, 0.717) is 28.7 Å². The SMILES string of the molecule is CCNS(=O)(=O)c1ccc(NC(=O)CSc2nc3ncccc3o2)cc1. The fourth-order valence-electron chi connectivity index (χ4n) is 2.13. The van der Waals surface area contributed by atoms with Gasteiger partial charge in [-0.3, -0.25) is 4.79 Å². The molecule has 0 unspecified atom stereocenters. The van der Waals surface area contributed by atoms with Gasteiger partial charge >= 0.3 is 0 Å². The van der Waals surface area contributed by atoms with Gasteiger partial charge in [-0.2, -0.15) is 4.98 Å². The molecule has 0 aliphatic rings. The zero-order valence-electron chi connectivity index (χ0n) is 13.8. The molecule has 3 rings (SSSR count). The van der Waals surface area contributed by atoms with Crippen LogP contribution in [0, 0.1) is 0 Å². The van der Waals surface area contributed by atoms with Gasteiger partial charge in [0.05, 0.1) is 10.6 Å². The fraction of sp³-hybridized carbons (Fsp3) is 0.188. The van der Waals surface area contributed by atoms with Crippen molar-refractivity contribution in [3.05, 3.63) is 42.6 Å². The van der Waals surface area contributed by atoms with E-state index < -0.39 is 10.0 Å². The second-order valence-electron chi connectivity index (χ2n) is 5.17. The molecule has 3 aromatic rings. The second kappa shape index (κ2) is 7.85. The van der Waals surface area contributed by atoms with E-state index in [1.807, 2.05) is 0 Å². The highest BCUT2D eigenvalue weighted by Crippen LogP contribution is 2.22. The van der Waals surface area contributed by atoms with E-state index in [0.717, 1.165) is 11.8 Å². The minimum Gasteiger partial charge on any atom is -0.430 e. The number of anilines is 1. The number of sulfonamides is 1. The summed E-state index contributed by atoms with van der Waals surface area (Å²) in [6.45, 7) is 2.01. The second-order valence-corrected chi connectivity index (χ2v) is 7.86. The maximum atomic E-state index is 12.0. The number of fused-ring (bicyclic) bond motifs is 1. The molecule has 0 saturated carbocycles. The third-order valence-electron chi connectivity index (χ3n) is 3.25. The van der Waals surface area contributed by atoms with E-state index in [9.17, 15) is 13.2 Å². The molecule has 8 nitrogen and oxygen atoms in total. The van der Waals surface area contributed by atoms with Crippen LogP contribution in [0.25, 0.3) is 11.2 Å². The molecule has 0 bridgehead atoms. The highest BCUT2D eigenvalue weighted by atomic mass is 32.2. The maximum absolute atomic E-state index is 12.0. The summed E-state index contributed by atoms with van der Waals surface area (Å²) in [7, 11) is -3.51. The lowest BCUT2D eigenvalue weighted by Crippen LogP contribution is -2.23. The first-order valence-corrected chi connectivity index (χ1v) is 10.2. The third kappa shape index (κ3) is 4.40. The number of carbonyl (C=O) groups excluding carboxylic acids is 1. The maximum Gasteiger partial charge on any atom is 0.258 e. The van der Waals surface area contributed by atoms with Crippen molar-refractivity contribution in [3.63, 3.8) is 0 Å². The van der Waals surface area contributed by atoms with Crippen LogP contribution < -0.4 is 10.0 Å². The first kappa shape index (κ1) is 18.4. The summed E-state index contributed by atoms with van der Waals surface area (Å²) in [6.07, 6.45) is 1.62. The Bertz CT molecular complexity index is 983. The predicted octanol–water partition coefficient (Wildman–Crippen LogP) is 2.25. The summed E-state index contributed by atoms with van der Waals surface area (Å²) < 4.78 is 31.6. The topological polar surface area (TPSA) is 114 Å². The van der Waals surface area contributed by atoms with Crippen molar-refractivity contribution in [1.82, 2.24) is 14.7 Å². The Balaban J connectivity index is 1.57. The molecule has 26 heavy (non-hydrogen) atoms. The number of rotatable bonds is 7. The van der Waals surface area contributed by atoms with Gasteiger partial charge in [0.2, 0.25) is 15.9 Å². The number of nitrogens with zero attached hydrogens (tertiary/aromatic N) is 2. The standard InChI is InChI=1S/C16H16N4O4S2/c1-2-18-26(22,23)12-7-5-11(6-8-12)19-14(21)10-25-16-20-15-13(24-16)4-3-9-17-15/h3-9,18H,2,10H2,1H3,(H,19,21). The molecular formula is C16H16N4O4S2. The third-order valence-corrected chi connectivity index (χ3v) is 5.64. The number of oxazole rings is 1. The zero-order chi connectivity index (χ0) is 18.6. The number of hydrogen-bond donors (Lipinski definition) is 2. The molecule has 136 valence electrons. The average Bonchev–Trinajstić information content (AvgIpc) is 3.03. The Morgan fingerprint density at radius 1 is 1.23 bits per heavy atom. The lowest BCUT2D eigenvalue weighted by atomic mass is 10.3. The summed E-state index contributed by atoms with van der Waals surface area (Å²) in [5, 5.41) is 3.06. The van der Waals surface area contributed by atoms with Crippen LogP contribution in [-0.2, 0) is 14.8 Å². The van der Waals surface area contributed by atoms with E-state index in [4.69, 9.17) is 4.42 Å². The summed E-state index contributed by atoms with van der Waals surface area (Å²) in [6, 6.07) is 9.45. The molecule has 2 heterocycles. The van der Waals surface area contributed by atoms with Crippen molar-refractivity contribution >= 4 is 44.6 Å². The number of aromatic nitrogens is 2. The van der Waals surface area contributed by atoms with Crippen LogP contribution in [0.5, 0.6) is 0 Å². The molecule has 0 fully saturated rings. The Labute approximate surface area is 154 Å². The fourth-order valence-corrected chi connectivity index (χ4v) is 3.79. The van der Waals surface area contributed by atoms with E-state index in [2.05, 4.69) is 20.0 Å². The molecule has 2 aromatic heterocycles. The van der Waals surface area contributed by atoms with Crippen LogP contribution in [0.4, 0.5) is 5.69 Å². The molecule has 0 spiro atoms. The molecule has 1 aromatic carbocycles. The van der Waals surface area contributed by atoms with Gasteiger partial charge in [0.25, 0.3) is 5.22 Å². The van der Waals surface area contributed by atoms with Gasteiger partial charge in [-0.15, -0.1) is 0 Å². The van der Waals surface area contributed by atoms with Crippen LogP contribution >= 0.6 is 11.8 Å². The van der Waals surface area contributed by atoms with Crippen LogP contribution in [0.2, 0.25) is 0 Å². The average molecular weight is 392 g/mol. The Morgan fingerprint density at radius 3 is 2.69 bits per heavy atom. The highest BCUT2D eigenvalue weighted by Gasteiger charge is 2.13. The molecule has 10 heteroatoms. The van der Waals surface area contributed by atoms with Crippen LogP contribution in [-0.4, -0.2) is 36.6 Å². The first-order chi connectivity index (χ1) is 12.5. The van der Waals surface area contributed by atoms with Gasteiger partial charge in [-0.05, 0) is 36.4 Å². The zero-order valence-corrected chi connectivity index (χ0v) is 15.4. The van der Waals surface area contributed by atoms with Crippen molar-refractivity contribution < 1.29 is 17.6 Å². The van der Waals surface area contributed by atoms with E-state index in [-0.39, 0.29) is 16.6 Å². The number of amides is 1. The van der Waals surface area contributed by atoms with Gasteiger partial charge < -0.3 is 9.73 Å². The lowest BCUT2D eigenvalue weighted by Gasteiger charge is -2.07. The molecule has 2 N–H and O–H groups in total. The summed E-state index contributed by atoms with van der Waals surface area (Å²) in [5.74, 6) is -0.155. The van der Waals surface area contributed by atoms with Crippen LogP contribution in [0.1, 0.15) is 6.92 Å². The highest BCUT2D eigenvalue weighted by molar-refractivity contribution is 7.99. The number of hydrogen-bond acceptors (Lipinski definition) is 7. The van der Waals surface area contributed by atoms with Gasteiger partial charge in [-0.25, -0.2) is 18.1 Å². The van der Waals surface area contributed by atoms with E-state index in [1.54, 1.807) is 25.3 Å². The smallest absolute Gasteiger partial charge is 0.258 e.